The fourth-order valence-electron chi connectivity index (χ4n) is 1.99. The molecule has 5 heteroatoms. The number of benzene rings is 1. The normalized spacial score (nSPS) is 10.9. The van der Waals surface area contributed by atoms with Crippen molar-refractivity contribution >= 4 is 22.5 Å². The van der Waals surface area contributed by atoms with E-state index in [-0.39, 0.29) is 0 Å². The third-order valence-electron chi connectivity index (χ3n) is 2.87. The molecule has 2 heterocycles. The van der Waals surface area contributed by atoms with Gasteiger partial charge in [-0.15, -0.1) is 21.8 Å². The summed E-state index contributed by atoms with van der Waals surface area (Å²) < 4.78 is 1.94. The van der Waals surface area contributed by atoms with Crippen molar-refractivity contribution in [3.05, 3.63) is 54.2 Å². The van der Waals surface area contributed by atoms with E-state index in [0.717, 1.165) is 22.3 Å². The molecule has 3 aromatic rings. The van der Waals surface area contributed by atoms with Crippen LogP contribution in [0.1, 0.15) is 11.4 Å². The first kappa shape index (κ1) is 11.2. The Morgan fingerprint density at radius 1 is 1.17 bits per heavy atom. The largest absolute Gasteiger partial charge is 0.312 e. The van der Waals surface area contributed by atoms with E-state index in [1.165, 1.54) is 0 Å². The van der Waals surface area contributed by atoms with Crippen LogP contribution < -0.4 is 0 Å². The van der Waals surface area contributed by atoms with Gasteiger partial charge in [0.25, 0.3) is 0 Å². The lowest BCUT2D eigenvalue weighted by Gasteiger charge is -2.07. The summed E-state index contributed by atoms with van der Waals surface area (Å²) in [5.74, 6) is 1.13. The van der Waals surface area contributed by atoms with Crippen LogP contribution in [0.2, 0.25) is 0 Å². The first-order chi connectivity index (χ1) is 8.88. The molecular weight excluding hydrogens is 248 g/mol. The molecule has 0 radical (unpaired) electrons. The van der Waals surface area contributed by atoms with Crippen LogP contribution >= 0.6 is 11.6 Å². The minimum atomic E-state index is 0.359. The predicted octanol–water partition coefficient (Wildman–Crippen LogP) is 2.61. The lowest BCUT2D eigenvalue weighted by atomic mass is 10.1. The quantitative estimate of drug-likeness (QED) is 0.679. The average molecular weight is 259 g/mol. The van der Waals surface area contributed by atoms with Crippen LogP contribution in [0.15, 0.2) is 42.9 Å². The van der Waals surface area contributed by atoms with Crippen molar-refractivity contribution in [1.29, 1.82) is 0 Å². The van der Waals surface area contributed by atoms with Crippen LogP contribution in [0.4, 0.5) is 0 Å². The molecule has 0 spiro atoms. The van der Waals surface area contributed by atoms with Crippen molar-refractivity contribution in [2.24, 2.45) is 0 Å². The minimum absolute atomic E-state index is 0.359. The van der Waals surface area contributed by atoms with Gasteiger partial charge in [0.05, 0.1) is 17.9 Å². The molecular formula is C13H11ClN4. The predicted molar refractivity (Wildman–Crippen MR) is 70.4 cm³/mol. The van der Waals surface area contributed by atoms with Gasteiger partial charge in [-0.2, -0.15) is 0 Å². The highest BCUT2D eigenvalue weighted by molar-refractivity contribution is 6.16. The van der Waals surface area contributed by atoms with Gasteiger partial charge in [-0.3, -0.25) is 4.98 Å². The summed E-state index contributed by atoms with van der Waals surface area (Å²) in [6.45, 7) is 0.684. The van der Waals surface area contributed by atoms with E-state index < -0.39 is 0 Å². The Kier molecular flexibility index (Phi) is 2.94. The number of para-hydroxylation sites is 1. The van der Waals surface area contributed by atoms with Gasteiger partial charge in [0.2, 0.25) is 0 Å². The fraction of sp³-hybridized carbons (Fsp3) is 0.154. The van der Waals surface area contributed by atoms with E-state index in [1.807, 2.05) is 16.7 Å². The number of aromatic nitrogens is 4. The van der Waals surface area contributed by atoms with E-state index >= 15 is 0 Å². The number of pyridine rings is 1. The van der Waals surface area contributed by atoms with Gasteiger partial charge in [-0.25, -0.2) is 0 Å². The van der Waals surface area contributed by atoms with E-state index in [9.17, 15) is 0 Å². The Morgan fingerprint density at radius 3 is 2.94 bits per heavy atom. The third-order valence-corrected chi connectivity index (χ3v) is 3.11. The maximum absolute atomic E-state index is 5.82. The van der Waals surface area contributed by atoms with Gasteiger partial charge >= 0.3 is 0 Å². The monoisotopic (exact) mass is 258 g/mol. The van der Waals surface area contributed by atoms with Crippen molar-refractivity contribution in [3.63, 3.8) is 0 Å². The summed E-state index contributed by atoms with van der Waals surface area (Å²) in [6.07, 6.45) is 3.50. The van der Waals surface area contributed by atoms with E-state index in [2.05, 4.69) is 33.4 Å². The van der Waals surface area contributed by atoms with Crippen LogP contribution in [0.5, 0.6) is 0 Å². The molecule has 0 unspecified atom stereocenters. The summed E-state index contributed by atoms with van der Waals surface area (Å²) in [5, 5.41) is 8.98. The van der Waals surface area contributed by atoms with E-state index in [1.54, 1.807) is 12.5 Å². The number of fused-ring (bicyclic) bond motifs is 1. The maximum Gasteiger partial charge on any atom is 0.148 e. The molecule has 0 saturated heterocycles. The lowest BCUT2D eigenvalue weighted by molar-refractivity contribution is 0.757. The van der Waals surface area contributed by atoms with Gasteiger partial charge in [-0.1, -0.05) is 24.3 Å². The molecule has 0 aliphatic rings. The van der Waals surface area contributed by atoms with Gasteiger partial charge in [0.15, 0.2) is 0 Å². The highest BCUT2D eigenvalue weighted by Gasteiger charge is 2.06. The summed E-state index contributed by atoms with van der Waals surface area (Å²) in [7, 11) is 0. The average Bonchev–Trinajstić information content (AvgIpc) is 2.86. The maximum atomic E-state index is 5.82. The number of alkyl halides is 1. The molecule has 18 heavy (non-hydrogen) atoms. The van der Waals surface area contributed by atoms with Crippen LogP contribution in [0.25, 0.3) is 10.9 Å². The number of hydrogen-bond donors (Lipinski definition) is 0. The highest BCUT2D eigenvalue weighted by Crippen LogP contribution is 2.17. The molecule has 0 atom stereocenters. The summed E-state index contributed by atoms with van der Waals surface area (Å²) in [6, 6.07) is 10.1. The Bertz CT molecular complexity index is 672. The Labute approximate surface area is 109 Å². The first-order valence-corrected chi connectivity index (χ1v) is 6.17. The number of halogens is 1. The Hall–Kier alpha value is -1.94. The SMILES string of the molecule is ClCc1nncn1Cc1cccc2cccnc12. The molecule has 0 saturated carbocycles. The topological polar surface area (TPSA) is 43.6 Å². The molecule has 2 aromatic heterocycles. The zero-order valence-corrected chi connectivity index (χ0v) is 10.4. The van der Waals surface area contributed by atoms with Crippen LogP contribution in [0.3, 0.4) is 0 Å². The number of hydrogen-bond acceptors (Lipinski definition) is 3. The number of rotatable bonds is 3. The molecule has 0 N–H and O–H groups in total. The van der Waals surface area contributed by atoms with Crippen molar-refractivity contribution in [2.45, 2.75) is 12.4 Å². The Morgan fingerprint density at radius 2 is 2.06 bits per heavy atom. The molecule has 1 aromatic carbocycles. The van der Waals surface area contributed by atoms with Crippen LogP contribution in [-0.4, -0.2) is 19.7 Å². The van der Waals surface area contributed by atoms with E-state index in [4.69, 9.17) is 11.6 Å². The van der Waals surface area contributed by atoms with E-state index in [0.29, 0.717) is 12.4 Å². The first-order valence-electron chi connectivity index (χ1n) is 5.64. The van der Waals surface area contributed by atoms with Crippen molar-refractivity contribution in [2.75, 3.05) is 0 Å². The molecule has 90 valence electrons. The second kappa shape index (κ2) is 4.74. The van der Waals surface area contributed by atoms with Crippen LogP contribution in [0, 0.1) is 0 Å². The minimum Gasteiger partial charge on any atom is -0.312 e. The molecule has 0 bridgehead atoms. The molecule has 0 amide bonds. The third kappa shape index (κ3) is 1.95. The standard InChI is InChI=1S/C13H11ClN4/c14-7-12-17-16-9-18(12)8-11-4-1-3-10-5-2-6-15-13(10)11/h1-6,9H,7-8H2. The second-order valence-electron chi connectivity index (χ2n) is 4.00. The zero-order valence-electron chi connectivity index (χ0n) is 9.62. The molecule has 3 rings (SSSR count). The van der Waals surface area contributed by atoms with Crippen molar-refractivity contribution in [3.8, 4) is 0 Å². The van der Waals surface area contributed by atoms with Gasteiger partial charge in [0.1, 0.15) is 12.2 Å². The smallest absolute Gasteiger partial charge is 0.148 e. The zero-order chi connectivity index (χ0) is 12.4. The summed E-state index contributed by atoms with van der Waals surface area (Å²) in [4.78, 5) is 4.43. The number of nitrogens with zero attached hydrogens (tertiary/aromatic N) is 4. The Balaban J connectivity index is 2.05. The molecule has 0 fully saturated rings. The fourth-order valence-corrected chi connectivity index (χ4v) is 2.20. The molecule has 4 nitrogen and oxygen atoms in total. The van der Waals surface area contributed by atoms with Crippen molar-refractivity contribution < 1.29 is 0 Å². The van der Waals surface area contributed by atoms with Crippen molar-refractivity contribution in [1.82, 2.24) is 19.7 Å². The molecule has 0 aliphatic heterocycles. The summed E-state index contributed by atoms with van der Waals surface area (Å²) >= 11 is 5.82. The van der Waals surface area contributed by atoms with Gasteiger partial charge < -0.3 is 4.57 Å². The highest BCUT2D eigenvalue weighted by atomic mass is 35.5. The molecule has 0 aliphatic carbocycles. The van der Waals surface area contributed by atoms with Gasteiger partial charge in [0, 0.05) is 11.6 Å². The lowest BCUT2D eigenvalue weighted by Crippen LogP contribution is -2.03. The van der Waals surface area contributed by atoms with Crippen LogP contribution in [-0.2, 0) is 12.4 Å². The second-order valence-corrected chi connectivity index (χ2v) is 4.27. The summed E-state index contributed by atoms with van der Waals surface area (Å²) in [5.41, 5.74) is 2.15. The van der Waals surface area contributed by atoms with Gasteiger partial charge in [-0.05, 0) is 11.6 Å².